The molecular formula is C20H19IN2. The lowest BCUT2D eigenvalue weighted by Gasteiger charge is -2.25. The van der Waals surface area contributed by atoms with Crippen LogP contribution in [0.25, 0.3) is 10.8 Å². The first-order chi connectivity index (χ1) is 11.1. The van der Waals surface area contributed by atoms with Crippen LogP contribution in [0, 0.1) is 0 Å². The first kappa shape index (κ1) is 14.7. The summed E-state index contributed by atoms with van der Waals surface area (Å²) in [6.07, 6.45) is 0. The van der Waals surface area contributed by atoms with Gasteiger partial charge in [0.25, 0.3) is 0 Å². The van der Waals surface area contributed by atoms with Crippen LogP contribution >= 0.6 is 21.0 Å². The van der Waals surface area contributed by atoms with E-state index in [2.05, 4.69) is 89.8 Å². The summed E-state index contributed by atoms with van der Waals surface area (Å²) in [4.78, 5) is 2.15. The predicted molar refractivity (Wildman–Crippen MR) is 110 cm³/mol. The summed E-state index contributed by atoms with van der Waals surface area (Å²) in [7, 11) is 6.40. The van der Waals surface area contributed by atoms with E-state index in [-0.39, 0.29) is 21.0 Å². The molecule has 0 spiro atoms. The Kier molecular flexibility index (Phi) is 3.60. The lowest BCUT2D eigenvalue weighted by atomic mass is 9.97. The quantitative estimate of drug-likeness (QED) is 0.439. The summed E-state index contributed by atoms with van der Waals surface area (Å²) in [5.41, 5.74) is 5.40. The van der Waals surface area contributed by atoms with Crippen molar-refractivity contribution in [1.82, 2.24) is 0 Å². The molecule has 0 amide bonds. The molecule has 0 bridgehead atoms. The molecule has 3 aromatic rings. The molecule has 0 unspecified atom stereocenters. The van der Waals surface area contributed by atoms with E-state index in [4.69, 9.17) is 0 Å². The van der Waals surface area contributed by atoms with Gasteiger partial charge in [-0.15, -0.1) is 0 Å². The zero-order chi connectivity index (χ0) is 16.0. The molecule has 3 aromatic carbocycles. The van der Waals surface area contributed by atoms with Crippen LogP contribution in [-0.2, 0) is 0 Å². The molecule has 1 heterocycles. The van der Waals surface area contributed by atoms with E-state index in [1.807, 2.05) is 0 Å². The molecule has 1 aliphatic rings. The van der Waals surface area contributed by atoms with Gasteiger partial charge in [0.1, 0.15) is 0 Å². The van der Waals surface area contributed by atoms with Crippen LogP contribution in [0.1, 0.15) is 11.1 Å². The van der Waals surface area contributed by atoms with Gasteiger partial charge in [-0.1, -0.05) is 42.5 Å². The summed E-state index contributed by atoms with van der Waals surface area (Å²) < 4.78 is 3.98. The van der Waals surface area contributed by atoms with Crippen LogP contribution in [0.3, 0.4) is 0 Å². The van der Waals surface area contributed by atoms with Crippen molar-refractivity contribution in [2.24, 2.45) is 0 Å². The fourth-order valence-electron chi connectivity index (χ4n) is 3.09. The second-order valence-corrected chi connectivity index (χ2v) is 9.01. The van der Waals surface area contributed by atoms with Gasteiger partial charge in [-0.05, 0) is 34.7 Å². The Balaban J connectivity index is 1.91. The lowest BCUT2D eigenvalue weighted by molar-refractivity contribution is 1.13. The highest BCUT2D eigenvalue weighted by Gasteiger charge is 2.19. The second kappa shape index (κ2) is 5.64. The maximum absolute atomic E-state index is 2.46. The van der Waals surface area contributed by atoms with E-state index < -0.39 is 0 Å². The zero-order valence-electron chi connectivity index (χ0n) is 13.5. The Morgan fingerprint density at radius 2 is 1.57 bits per heavy atom. The molecule has 1 aliphatic heterocycles. The van der Waals surface area contributed by atoms with Crippen LogP contribution in [0.4, 0.5) is 11.4 Å². The predicted octanol–water partition coefficient (Wildman–Crippen LogP) is 4.81. The van der Waals surface area contributed by atoms with Crippen LogP contribution in [0.15, 0.2) is 60.7 Å². The van der Waals surface area contributed by atoms with E-state index in [0.29, 0.717) is 0 Å². The summed E-state index contributed by atoms with van der Waals surface area (Å²) in [5.74, 6) is 0. The van der Waals surface area contributed by atoms with Crippen molar-refractivity contribution in [3.63, 3.8) is 0 Å². The average Bonchev–Trinajstić information content (AvgIpc) is 2.58. The van der Waals surface area contributed by atoms with Gasteiger partial charge >= 0.3 is 0 Å². The number of benzene rings is 3. The SMILES string of the molecule is CN(C)c1ccc(C2=IN(C)c3cccc4cccc2c34)cc1. The monoisotopic (exact) mass is 414 g/mol. The Morgan fingerprint density at radius 3 is 2.26 bits per heavy atom. The van der Waals surface area contributed by atoms with Crippen molar-refractivity contribution in [3.8, 4) is 0 Å². The molecule has 0 saturated heterocycles. The van der Waals surface area contributed by atoms with Gasteiger partial charge in [-0.2, -0.15) is 0 Å². The van der Waals surface area contributed by atoms with E-state index in [1.165, 1.54) is 36.8 Å². The Morgan fingerprint density at radius 1 is 0.870 bits per heavy atom. The van der Waals surface area contributed by atoms with E-state index in [0.717, 1.165) is 0 Å². The molecule has 2 nitrogen and oxygen atoms in total. The Bertz CT molecular complexity index is 905. The van der Waals surface area contributed by atoms with Crippen molar-refractivity contribution in [3.05, 3.63) is 71.8 Å². The summed E-state index contributed by atoms with van der Waals surface area (Å²) in [6.45, 7) is 0. The minimum absolute atomic E-state index is 0.199. The van der Waals surface area contributed by atoms with Crippen LogP contribution < -0.4 is 8.01 Å². The van der Waals surface area contributed by atoms with Crippen LogP contribution in [-0.4, -0.2) is 24.7 Å². The number of hydrogen-bond acceptors (Lipinski definition) is 2. The number of rotatable bonds is 2. The molecule has 0 aromatic heterocycles. The molecule has 3 heteroatoms. The molecule has 4 rings (SSSR count). The Labute approximate surface area is 147 Å². The van der Waals surface area contributed by atoms with E-state index in [1.54, 1.807) is 0 Å². The molecule has 0 fully saturated rings. The summed E-state index contributed by atoms with van der Waals surface area (Å²) >= 11 is -0.199. The minimum atomic E-state index is -0.199. The molecule has 0 radical (unpaired) electrons. The van der Waals surface area contributed by atoms with Gasteiger partial charge < -0.3 is 8.01 Å². The molecule has 116 valence electrons. The normalized spacial score (nSPS) is 13.5. The molecule has 0 aliphatic carbocycles. The standard InChI is InChI=1S/C20H19IN2/c1-22(2)16-12-10-15(11-13-16)20-17-8-4-6-14-7-5-9-18(19(14)17)23(3)21-20/h4-13H,1-3H3. The van der Waals surface area contributed by atoms with Gasteiger partial charge in [-0.3, -0.25) is 0 Å². The van der Waals surface area contributed by atoms with Crippen molar-refractivity contribution >= 4 is 46.7 Å². The third-order valence-electron chi connectivity index (χ3n) is 4.30. The topological polar surface area (TPSA) is 6.48 Å². The van der Waals surface area contributed by atoms with Crippen molar-refractivity contribution in [2.45, 2.75) is 0 Å². The highest BCUT2D eigenvalue weighted by atomic mass is 127. The third-order valence-corrected chi connectivity index (χ3v) is 7.23. The number of nitrogens with zero attached hydrogens (tertiary/aromatic N) is 2. The fourth-order valence-corrected chi connectivity index (χ4v) is 5.82. The molecule has 0 saturated carbocycles. The zero-order valence-corrected chi connectivity index (χ0v) is 15.7. The number of halogens is 1. The summed E-state index contributed by atoms with van der Waals surface area (Å²) in [5, 5.41) is 2.73. The van der Waals surface area contributed by atoms with E-state index >= 15 is 0 Å². The number of anilines is 2. The first-order valence-corrected chi connectivity index (χ1v) is 9.75. The largest absolute Gasteiger partial charge is 0.378 e. The molecule has 23 heavy (non-hydrogen) atoms. The second-order valence-electron chi connectivity index (χ2n) is 6.00. The Hall–Kier alpha value is -1.88. The van der Waals surface area contributed by atoms with Gasteiger partial charge in [0.15, 0.2) is 0 Å². The smallest absolute Gasteiger partial charge is 0.0534 e. The van der Waals surface area contributed by atoms with Crippen molar-refractivity contribution < 1.29 is 0 Å². The van der Waals surface area contributed by atoms with Crippen molar-refractivity contribution in [1.29, 1.82) is 0 Å². The van der Waals surface area contributed by atoms with Gasteiger partial charge in [0.05, 0.1) is 5.69 Å². The minimum Gasteiger partial charge on any atom is -0.378 e. The highest BCUT2D eigenvalue weighted by Crippen LogP contribution is 2.39. The maximum Gasteiger partial charge on any atom is 0.0534 e. The van der Waals surface area contributed by atoms with E-state index in [9.17, 15) is 0 Å². The highest BCUT2D eigenvalue weighted by molar-refractivity contribution is 14.2. The summed E-state index contributed by atoms with van der Waals surface area (Å²) in [6, 6.07) is 22.3. The average molecular weight is 414 g/mol. The molecule has 0 atom stereocenters. The van der Waals surface area contributed by atoms with Crippen LogP contribution in [0.2, 0.25) is 0 Å². The molecule has 0 N–H and O–H groups in total. The third kappa shape index (κ3) is 2.43. The molecular weight excluding hydrogens is 395 g/mol. The van der Waals surface area contributed by atoms with Gasteiger partial charge in [0.2, 0.25) is 0 Å². The van der Waals surface area contributed by atoms with Gasteiger partial charge in [0, 0.05) is 56.7 Å². The van der Waals surface area contributed by atoms with Gasteiger partial charge in [-0.25, -0.2) is 0 Å². The fraction of sp³-hybridized carbons (Fsp3) is 0.150. The maximum atomic E-state index is 2.46. The van der Waals surface area contributed by atoms with Crippen LogP contribution in [0.5, 0.6) is 0 Å². The lowest BCUT2D eigenvalue weighted by Crippen LogP contribution is -2.14. The van der Waals surface area contributed by atoms with Crippen molar-refractivity contribution in [2.75, 3.05) is 29.2 Å². The number of hydrogen-bond donors (Lipinski definition) is 0. The first-order valence-electron chi connectivity index (χ1n) is 7.71.